The van der Waals surface area contributed by atoms with Crippen molar-refractivity contribution in [1.29, 1.82) is 5.26 Å². The van der Waals surface area contributed by atoms with Crippen molar-refractivity contribution in [3.8, 4) is 34.5 Å². The fourth-order valence-corrected chi connectivity index (χ4v) is 5.75. The van der Waals surface area contributed by atoms with Crippen LogP contribution in [0.15, 0.2) is 24.4 Å². The van der Waals surface area contributed by atoms with Crippen molar-refractivity contribution in [2.24, 2.45) is 7.05 Å². The van der Waals surface area contributed by atoms with Gasteiger partial charge in [0.1, 0.15) is 23.7 Å². The first-order chi connectivity index (χ1) is 17.4. The molecule has 4 atom stereocenters. The summed E-state index contributed by atoms with van der Waals surface area (Å²) in [5, 5.41) is 36.3. The first kappa shape index (κ1) is 22.8. The Labute approximate surface area is 208 Å². The van der Waals surface area contributed by atoms with E-state index in [-0.39, 0.29) is 23.7 Å². The number of hydrogen-bond donors (Lipinski definition) is 2. The molecule has 0 unspecified atom stereocenters. The number of nitrogens with one attached hydrogen (secondary N) is 1. The smallest absolute Gasteiger partial charge is 0.245 e. The van der Waals surface area contributed by atoms with Crippen molar-refractivity contribution < 1.29 is 9.50 Å². The Balaban J connectivity index is 1.27. The summed E-state index contributed by atoms with van der Waals surface area (Å²) in [5.41, 5.74) is 0.934. The van der Waals surface area contributed by atoms with E-state index in [0.29, 0.717) is 34.6 Å². The van der Waals surface area contributed by atoms with Gasteiger partial charge < -0.3 is 15.3 Å². The van der Waals surface area contributed by atoms with Crippen molar-refractivity contribution in [2.45, 2.75) is 75.3 Å². The number of anilines is 1. The molecule has 2 aromatic heterocycles. The van der Waals surface area contributed by atoms with Gasteiger partial charge in [-0.05, 0) is 57.6 Å². The Kier molecular flexibility index (Phi) is 5.37. The van der Waals surface area contributed by atoms with Crippen molar-refractivity contribution in [3.63, 3.8) is 0 Å². The van der Waals surface area contributed by atoms with Gasteiger partial charge >= 0.3 is 0 Å². The second-order valence-electron chi connectivity index (χ2n) is 10.4. The number of benzene rings is 1. The quantitative estimate of drug-likeness (QED) is 0.556. The topological polar surface area (TPSA) is 129 Å². The molecule has 10 nitrogen and oxygen atoms in total. The van der Waals surface area contributed by atoms with Crippen molar-refractivity contribution >= 4 is 5.95 Å². The predicted molar refractivity (Wildman–Crippen MR) is 130 cm³/mol. The number of phenols is 1. The third-order valence-corrected chi connectivity index (χ3v) is 7.73. The Hall–Kier alpha value is -3.65. The van der Waals surface area contributed by atoms with Crippen LogP contribution >= 0.6 is 0 Å². The number of fused-ring (bicyclic) bond motifs is 2. The molecule has 1 aliphatic carbocycles. The molecule has 0 radical (unpaired) electrons. The Bertz CT molecular complexity index is 1330. The predicted octanol–water partition coefficient (Wildman–Crippen LogP) is 2.89. The van der Waals surface area contributed by atoms with Crippen LogP contribution < -0.4 is 10.2 Å². The minimum absolute atomic E-state index is 0.0238. The van der Waals surface area contributed by atoms with Gasteiger partial charge in [0.2, 0.25) is 11.8 Å². The minimum Gasteiger partial charge on any atom is -0.507 e. The number of nitriles is 1. The molecule has 6 rings (SSSR count). The zero-order chi connectivity index (χ0) is 25.0. The zero-order valence-electron chi connectivity index (χ0n) is 20.3. The second-order valence-corrected chi connectivity index (χ2v) is 10.4. The van der Waals surface area contributed by atoms with Crippen LogP contribution in [-0.4, -0.2) is 64.9 Å². The maximum atomic E-state index is 15.8. The van der Waals surface area contributed by atoms with Crippen LogP contribution in [0.2, 0.25) is 0 Å². The molecule has 36 heavy (non-hydrogen) atoms. The lowest BCUT2D eigenvalue weighted by Crippen LogP contribution is -2.69. The third kappa shape index (κ3) is 3.86. The summed E-state index contributed by atoms with van der Waals surface area (Å²) in [6.45, 7) is 2.00. The summed E-state index contributed by atoms with van der Waals surface area (Å²) in [7, 11) is 1.64. The molecule has 3 aliphatic rings. The lowest BCUT2D eigenvalue weighted by molar-refractivity contribution is 0.0383. The van der Waals surface area contributed by atoms with E-state index < -0.39 is 11.7 Å². The Morgan fingerprint density at radius 1 is 1.28 bits per heavy atom. The van der Waals surface area contributed by atoms with Crippen LogP contribution in [-0.2, 0) is 7.05 Å². The van der Waals surface area contributed by atoms with Crippen LogP contribution in [0.3, 0.4) is 0 Å². The summed E-state index contributed by atoms with van der Waals surface area (Å²) in [5.74, 6) is 0.942. The number of phenolic OH excluding ortho intramolecular Hbond substituents is 1. The average molecular weight is 490 g/mol. The van der Waals surface area contributed by atoms with Gasteiger partial charge in [0.25, 0.3) is 0 Å². The second kappa shape index (κ2) is 8.48. The molecular formula is C25H28FN9O. The average Bonchev–Trinajstić information content (AvgIpc) is 3.63. The Morgan fingerprint density at radius 3 is 2.78 bits per heavy atom. The van der Waals surface area contributed by atoms with E-state index >= 15 is 4.39 Å². The van der Waals surface area contributed by atoms with Gasteiger partial charge in [-0.25, -0.2) is 14.1 Å². The highest BCUT2D eigenvalue weighted by Crippen LogP contribution is 2.42. The van der Waals surface area contributed by atoms with Crippen LogP contribution in [0.4, 0.5) is 10.3 Å². The molecule has 0 amide bonds. The highest BCUT2D eigenvalue weighted by atomic mass is 19.1. The van der Waals surface area contributed by atoms with Gasteiger partial charge in [-0.1, -0.05) is 6.07 Å². The number of halogens is 1. The lowest BCUT2D eigenvalue weighted by atomic mass is 9.73. The first-order valence-electron chi connectivity index (χ1n) is 12.4. The maximum absolute atomic E-state index is 15.8. The SMILES string of the molecule is Cn1nc(-c2ccc(-c3cnc(N(C4CC4)[C@@H]4C[C@@H]5CCC[C@](C)(N5)[C@@H]4F)nn3)c(O)c2)nc1C#N. The van der Waals surface area contributed by atoms with Crippen LogP contribution in [0, 0.1) is 11.3 Å². The van der Waals surface area contributed by atoms with E-state index in [9.17, 15) is 5.11 Å². The molecular weight excluding hydrogens is 461 g/mol. The summed E-state index contributed by atoms with van der Waals surface area (Å²) in [6.07, 6.45) is 6.24. The van der Waals surface area contributed by atoms with Crippen molar-refractivity contribution in [2.75, 3.05) is 4.90 Å². The molecule has 1 saturated carbocycles. The fraction of sp³-hybridized carbons (Fsp3) is 0.520. The number of piperidine rings is 2. The number of alkyl halides is 1. The minimum atomic E-state index is -1.02. The van der Waals surface area contributed by atoms with E-state index in [1.165, 1.54) is 10.7 Å². The number of hydrogen-bond acceptors (Lipinski definition) is 9. The molecule has 4 heterocycles. The van der Waals surface area contributed by atoms with Gasteiger partial charge in [-0.15, -0.1) is 10.2 Å². The molecule has 3 fully saturated rings. The largest absolute Gasteiger partial charge is 0.507 e. The fourth-order valence-electron chi connectivity index (χ4n) is 5.75. The van der Waals surface area contributed by atoms with E-state index in [1.807, 2.05) is 13.0 Å². The molecule has 186 valence electrons. The summed E-state index contributed by atoms with van der Waals surface area (Å²) in [6, 6.07) is 7.21. The lowest BCUT2D eigenvalue weighted by Gasteiger charge is -2.52. The standard InChI is InChI=1S/C25H28FN9O/c1-25-9-3-4-15(30-25)11-19(22(25)26)35(16-6-7-16)24-28-13-18(31-32-24)17-8-5-14(10-20(17)36)23-29-21(12-27)34(2)33-23/h5,8,10,13,15-16,19,22,30,36H,3-4,6-7,9,11H2,1-2H3/t15-,19+,22+,25-/m0/s1. The number of aromatic hydroxyl groups is 1. The first-order valence-corrected chi connectivity index (χ1v) is 12.4. The molecule has 1 aromatic carbocycles. The number of aromatic nitrogens is 6. The van der Waals surface area contributed by atoms with Gasteiger partial charge in [-0.2, -0.15) is 15.3 Å². The highest BCUT2D eigenvalue weighted by molar-refractivity contribution is 5.71. The molecule has 2 saturated heterocycles. The van der Waals surface area contributed by atoms with E-state index in [0.717, 1.165) is 38.5 Å². The number of aryl methyl sites for hydroxylation is 1. The van der Waals surface area contributed by atoms with Gasteiger partial charge in [0.15, 0.2) is 5.82 Å². The monoisotopic (exact) mass is 489 g/mol. The van der Waals surface area contributed by atoms with E-state index in [1.54, 1.807) is 25.4 Å². The van der Waals surface area contributed by atoms with Crippen molar-refractivity contribution in [3.05, 3.63) is 30.2 Å². The molecule has 2 N–H and O–H groups in total. The van der Waals surface area contributed by atoms with E-state index in [2.05, 4.69) is 35.5 Å². The zero-order valence-corrected chi connectivity index (χ0v) is 20.3. The normalized spacial score (nSPS) is 27.4. The van der Waals surface area contributed by atoms with Crippen molar-refractivity contribution in [1.82, 2.24) is 35.3 Å². The van der Waals surface area contributed by atoms with Crippen LogP contribution in [0.25, 0.3) is 22.6 Å². The number of nitrogens with zero attached hydrogens (tertiary/aromatic N) is 8. The molecule has 11 heteroatoms. The maximum Gasteiger partial charge on any atom is 0.245 e. The van der Waals surface area contributed by atoms with Gasteiger partial charge in [0.05, 0.1) is 12.2 Å². The third-order valence-electron chi connectivity index (χ3n) is 7.73. The molecule has 2 aliphatic heterocycles. The summed E-state index contributed by atoms with van der Waals surface area (Å²) < 4.78 is 17.2. The highest BCUT2D eigenvalue weighted by Gasteiger charge is 2.52. The summed E-state index contributed by atoms with van der Waals surface area (Å²) in [4.78, 5) is 10.8. The van der Waals surface area contributed by atoms with E-state index in [4.69, 9.17) is 5.26 Å². The summed E-state index contributed by atoms with van der Waals surface area (Å²) >= 11 is 0. The van der Waals surface area contributed by atoms with Gasteiger partial charge in [-0.3, -0.25) is 0 Å². The Morgan fingerprint density at radius 2 is 2.11 bits per heavy atom. The number of rotatable bonds is 5. The molecule has 0 spiro atoms. The van der Waals surface area contributed by atoms with Gasteiger partial charge in [0, 0.05) is 35.8 Å². The van der Waals surface area contributed by atoms with Crippen LogP contribution in [0.1, 0.15) is 51.3 Å². The van der Waals surface area contributed by atoms with Crippen LogP contribution in [0.5, 0.6) is 5.75 Å². The molecule has 3 aromatic rings. The molecule has 2 bridgehead atoms.